The summed E-state index contributed by atoms with van der Waals surface area (Å²) in [5.41, 5.74) is 0.904. The van der Waals surface area contributed by atoms with E-state index in [1.54, 1.807) is 17.0 Å². The molecule has 1 fully saturated rings. The molecular formula is C17H21ClN2O2. The van der Waals surface area contributed by atoms with Crippen LogP contribution < -0.4 is 5.32 Å². The van der Waals surface area contributed by atoms with Crippen LogP contribution in [0.1, 0.15) is 31.4 Å². The molecule has 1 saturated heterocycles. The number of hydrogen-bond donors (Lipinski definition) is 1. The zero-order valence-corrected chi connectivity index (χ0v) is 13.5. The van der Waals surface area contributed by atoms with E-state index in [0.717, 1.165) is 5.56 Å². The average Bonchev–Trinajstić information content (AvgIpc) is 2.52. The summed E-state index contributed by atoms with van der Waals surface area (Å²) in [5.74, 6) is -0.230. The van der Waals surface area contributed by atoms with Crippen molar-refractivity contribution in [1.82, 2.24) is 10.2 Å². The molecule has 1 N–H and O–H groups in total. The minimum Gasteiger partial charge on any atom is -0.352 e. The van der Waals surface area contributed by atoms with Crippen LogP contribution in [0, 0.1) is 5.92 Å². The number of piperidine rings is 1. The third kappa shape index (κ3) is 3.50. The van der Waals surface area contributed by atoms with E-state index < -0.39 is 0 Å². The molecule has 2 rings (SSSR count). The predicted octanol–water partition coefficient (Wildman–Crippen LogP) is 2.94. The Morgan fingerprint density at radius 2 is 2.32 bits per heavy atom. The minimum atomic E-state index is -0.269. The van der Waals surface area contributed by atoms with Gasteiger partial charge in [-0.05, 0) is 31.0 Å². The maximum atomic E-state index is 12.5. The Morgan fingerprint density at radius 1 is 1.55 bits per heavy atom. The number of rotatable bonds is 5. The summed E-state index contributed by atoms with van der Waals surface area (Å²) in [6, 6.07) is 7.13. The highest BCUT2D eigenvalue weighted by molar-refractivity contribution is 6.30. The maximum Gasteiger partial charge on any atom is 0.225 e. The van der Waals surface area contributed by atoms with Gasteiger partial charge in [0.15, 0.2) is 0 Å². The number of hydrogen-bond acceptors (Lipinski definition) is 2. The Balaban J connectivity index is 2.35. The highest BCUT2D eigenvalue weighted by Gasteiger charge is 2.39. The van der Waals surface area contributed by atoms with Crippen LogP contribution in [0.25, 0.3) is 0 Å². The van der Waals surface area contributed by atoms with Crippen LogP contribution in [0.5, 0.6) is 0 Å². The number of likely N-dealkylation sites (tertiary alicyclic amines) is 1. The van der Waals surface area contributed by atoms with Gasteiger partial charge in [0.1, 0.15) is 0 Å². The van der Waals surface area contributed by atoms with Gasteiger partial charge in [-0.15, -0.1) is 6.58 Å². The molecule has 2 atom stereocenters. The van der Waals surface area contributed by atoms with Gasteiger partial charge in [0.05, 0.1) is 12.0 Å². The van der Waals surface area contributed by atoms with Crippen molar-refractivity contribution < 1.29 is 9.59 Å². The first kappa shape index (κ1) is 16.6. The standard InChI is InChI=1S/C17H21ClN2O2/c1-3-10-19-17(22)14-8-9-15(21)20(4-2)16(14)12-6-5-7-13(18)11-12/h3,5-7,11,14,16H,1,4,8-10H2,2H3,(H,19,22)/t14-,16+/m1/s1. The normalized spacial score (nSPS) is 21.5. The van der Waals surface area contributed by atoms with E-state index in [1.807, 2.05) is 25.1 Å². The van der Waals surface area contributed by atoms with E-state index in [-0.39, 0.29) is 23.8 Å². The van der Waals surface area contributed by atoms with Crippen LogP contribution in [0.2, 0.25) is 5.02 Å². The molecule has 22 heavy (non-hydrogen) atoms. The Labute approximate surface area is 136 Å². The molecule has 1 aliphatic rings. The number of carbonyl (C=O) groups is 2. The van der Waals surface area contributed by atoms with Gasteiger partial charge in [-0.3, -0.25) is 9.59 Å². The second-order valence-electron chi connectivity index (χ2n) is 5.36. The van der Waals surface area contributed by atoms with E-state index in [2.05, 4.69) is 11.9 Å². The van der Waals surface area contributed by atoms with Crippen LogP contribution in [-0.2, 0) is 9.59 Å². The zero-order chi connectivity index (χ0) is 16.1. The van der Waals surface area contributed by atoms with Gasteiger partial charge in [0, 0.05) is 24.5 Å². The molecule has 0 bridgehead atoms. The molecule has 5 heteroatoms. The number of halogens is 1. The molecule has 1 aromatic rings. The van der Waals surface area contributed by atoms with Crippen molar-refractivity contribution in [3.63, 3.8) is 0 Å². The van der Waals surface area contributed by atoms with Crippen molar-refractivity contribution in [1.29, 1.82) is 0 Å². The highest BCUT2D eigenvalue weighted by atomic mass is 35.5. The highest BCUT2D eigenvalue weighted by Crippen LogP contribution is 2.37. The fraction of sp³-hybridized carbons (Fsp3) is 0.412. The predicted molar refractivity (Wildman–Crippen MR) is 87.5 cm³/mol. The van der Waals surface area contributed by atoms with Gasteiger partial charge < -0.3 is 10.2 Å². The molecule has 0 aromatic heterocycles. The number of benzene rings is 1. The molecule has 118 valence electrons. The van der Waals surface area contributed by atoms with Gasteiger partial charge in [-0.25, -0.2) is 0 Å². The second-order valence-corrected chi connectivity index (χ2v) is 5.80. The summed E-state index contributed by atoms with van der Waals surface area (Å²) >= 11 is 6.08. The molecule has 1 heterocycles. The van der Waals surface area contributed by atoms with Gasteiger partial charge in [0.25, 0.3) is 0 Å². The Morgan fingerprint density at radius 3 is 2.95 bits per heavy atom. The first-order chi connectivity index (χ1) is 10.6. The molecule has 1 aromatic carbocycles. The molecular weight excluding hydrogens is 300 g/mol. The molecule has 0 saturated carbocycles. The minimum absolute atomic E-state index is 0.0455. The van der Waals surface area contributed by atoms with Crippen LogP contribution >= 0.6 is 11.6 Å². The molecule has 0 unspecified atom stereocenters. The summed E-state index contributed by atoms with van der Waals surface area (Å²) in [6.45, 7) is 6.54. The SMILES string of the molecule is C=CCNC(=O)[C@@H]1CCC(=O)N(CC)[C@H]1c1cccc(Cl)c1. The lowest BCUT2D eigenvalue weighted by Crippen LogP contribution is -2.48. The van der Waals surface area contributed by atoms with Gasteiger partial charge in [-0.1, -0.05) is 29.8 Å². The van der Waals surface area contributed by atoms with Gasteiger partial charge in [-0.2, -0.15) is 0 Å². The number of amides is 2. The first-order valence-corrected chi connectivity index (χ1v) is 7.89. The Kier molecular flexibility index (Phi) is 5.61. The van der Waals surface area contributed by atoms with Crippen molar-refractivity contribution in [3.05, 3.63) is 47.5 Å². The molecule has 4 nitrogen and oxygen atoms in total. The number of nitrogens with zero attached hydrogens (tertiary/aromatic N) is 1. The lowest BCUT2D eigenvalue weighted by atomic mass is 9.83. The molecule has 0 radical (unpaired) electrons. The van der Waals surface area contributed by atoms with Crippen molar-refractivity contribution in [2.45, 2.75) is 25.8 Å². The quantitative estimate of drug-likeness (QED) is 0.848. The Bertz CT molecular complexity index is 574. The fourth-order valence-corrected chi connectivity index (χ4v) is 3.21. The van der Waals surface area contributed by atoms with E-state index in [1.165, 1.54) is 0 Å². The number of carbonyl (C=O) groups excluding carboxylic acids is 2. The fourth-order valence-electron chi connectivity index (χ4n) is 3.01. The average molecular weight is 321 g/mol. The maximum absolute atomic E-state index is 12.5. The van der Waals surface area contributed by atoms with Crippen molar-refractivity contribution in [2.75, 3.05) is 13.1 Å². The summed E-state index contributed by atoms with van der Waals surface area (Å²) < 4.78 is 0. The molecule has 2 amide bonds. The van der Waals surface area contributed by atoms with Crippen molar-refractivity contribution in [3.8, 4) is 0 Å². The van der Waals surface area contributed by atoms with E-state index in [0.29, 0.717) is 31.0 Å². The smallest absolute Gasteiger partial charge is 0.225 e. The first-order valence-electron chi connectivity index (χ1n) is 7.52. The van der Waals surface area contributed by atoms with Gasteiger partial charge >= 0.3 is 0 Å². The van der Waals surface area contributed by atoms with E-state index in [4.69, 9.17) is 11.6 Å². The second kappa shape index (κ2) is 7.45. The van der Waals surface area contributed by atoms with Crippen LogP contribution in [0.15, 0.2) is 36.9 Å². The van der Waals surface area contributed by atoms with E-state index in [9.17, 15) is 9.59 Å². The van der Waals surface area contributed by atoms with Gasteiger partial charge in [0.2, 0.25) is 11.8 Å². The summed E-state index contributed by atoms with van der Waals surface area (Å²) in [7, 11) is 0. The largest absolute Gasteiger partial charge is 0.352 e. The molecule has 1 aliphatic heterocycles. The lowest BCUT2D eigenvalue weighted by Gasteiger charge is -2.40. The zero-order valence-electron chi connectivity index (χ0n) is 12.7. The van der Waals surface area contributed by atoms with Crippen molar-refractivity contribution >= 4 is 23.4 Å². The van der Waals surface area contributed by atoms with Crippen LogP contribution in [0.4, 0.5) is 0 Å². The third-order valence-corrected chi connectivity index (χ3v) is 4.23. The molecule has 0 spiro atoms. The van der Waals surface area contributed by atoms with E-state index >= 15 is 0 Å². The number of nitrogens with one attached hydrogen (secondary N) is 1. The monoisotopic (exact) mass is 320 g/mol. The summed E-state index contributed by atoms with van der Waals surface area (Å²) in [5, 5.41) is 3.46. The Hall–Kier alpha value is -1.81. The van der Waals surface area contributed by atoms with Crippen molar-refractivity contribution in [2.24, 2.45) is 5.92 Å². The summed E-state index contributed by atoms with van der Waals surface area (Å²) in [6.07, 6.45) is 2.60. The summed E-state index contributed by atoms with van der Waals surface area (Å²) in [4.78, 5) is 26.5. The lowest BCUT2D eigenvalue weighted by molar-refractivity contribution is -0.143. The third-order valence-electron chi connectivity index (χ3n) is 3.99. The molecule has 0 aliphatic carbocycles. The van der Waals surface area contributed by atoms with Crippen LogP contribution in [-0.4, -0.2) is 29.8 Å². The topological polar surface area (TPSA) is 49.4 Å². The van der Waals surface area contributed by atoms with Crippen LogP contribution in [0.3, 0.4) is 0 Å².